The van der Waals surface area contributed by atoms with Crippen molar-refractivity contribution in [2.24, 2.45) is 0 Å². The van der Waals surface area contributed by atoms with Crippen molar-refractivity contribution >= 4 is 11.3 Å². The van der Waals surface area contributed by atoms with Crippen molar-refractivity contribution < 1.29 is 13.2 Å². The average molecular weight is 304 g/mol. The highest BCUT2D eigenvalue weighted by Gasteiger charge is 2.34. The van der Waals surface area contributed by atoms with E-state index in [9.17, 15) is 13.2 Å². The summed E-state index contributed by atoms with van der Waals surface area (Å²) in [5.41, 5.74) is -0.382. The van der Waals surface area contributed by atoms with Crippen LogP contribution in [0.3, 0.4) is 0 Å². The van der Waals surface area contributed by atoms with Crippen LogP contribution in [0.2, 0.25) is 0 Å². The zero-order chi connectivity index (χ0) is 14.6. The molecular formula is C14H19F3N2S. The van der Waals surface area contributed by atoms with E-state index in [0.717, 1.165) is 19.6 Å². The molecule has 2 rings (SSSR count). The zero-order valence-electron chi connectivity index (χ0n) is 11.5. The van der Waals surface area contributed by atoms with Gasteiger partial charge in [0.25, 0.3) is 0 Å². The van der Waals surface area contributed by atoms with E-state index in [-0.39, 0.29) is 12.0 Å². The summed E-state index contributed by atoms with van der Waals surface area (Å²) in [6.07, 6.45) is -2.75. The van der Waals surface area contributed by atoms with Crippen LogP contribution in [0.25, 0.3) is 0 Å². The van der Waals surface area contributed by atoms with Gasteiger partial charge in [0.1, 0.15) is 0 Å². The third kappa shape index (κ3) is 4.33. The Labute approximate surface area is 121 Å². The van der Waals surface area contributed by atoms with Crippen LogP contribution in [-0.2, 0) is 13.1 Å². The van der Waals surface area contributed by atoms with Crippen LogP contribution in [0.5, 0.6) is 0 Å². The smallest absolute Gasteiger partial charge is 0.312 e. The lowest BCUT2D eigenvalue weighted by Gasteiger charge is -2.26. The van der Waals surface area contributed by atoms with Crippen molar-refractivity contribution in [1.82, 2.24) is 10.2 Å². The van der Waals surface area contributed by atoms with Crippen molar-refractivity contribution in [3.05, 3.63) is 33.5 Å². The molecule has 0 bridgehead atoms. The number of rotatable bonds is 5. The summed E-state index contributed by atoms with van der Waals surface area (Å²) in [6.45, 7) is 5.45. The Morgan fingerprint density at radius 1 is 1.30 bits per heavy atom. The number of alkyl halides is 3. The second-order valence-corrected chi connectivity index (χ2v) is 6.11. The van der Waals surface area contributed by atoms with E-state index in [1.807, 2.05) is 0 Å². The largest absolute Gasteiger partial charge is 0.412 e. The first kappa shape index (κ1) is 15.5. The molecular weight excluding hydrogens is 285 g/mol. The molecule has 6 heteroatoms. The third-order valence-electron chi connectivity index (χ3n) is 3.30. The predicted octanol–water partition coefficient (Wildman–Crippen LogP) is 3.55. The molecule has 1 aliphatic heterocycles. The Morgan fingerprint density at radius 3 is 2.65 bits per heavy atom. The third-order valence-corrected chi connectivity index (χ3v) is 4.37. The second-order valence-electron chi connectivity index (χ2n) is 4.86. The zero-order valence-corrected chi connectivity index (χ0v) is 12.3. The van der Waals surface area contributed by atoms with Gasteiger partial charge < -0.3 is 5.32 Å². The normalized spacial score (nSPS) is 17.3. The van der Waals surface area contributed by atoms with Crippen LogP contribution in [0.4, 0.5) is 13.2 Å². The lowest BCUT2D eigenvalue weighted by molar-refractivity contribution is -0.0960. The van der Waals surface area contributed by atoms with Gasteiger partial charge in [-0.3, -0.25) is 4.90 Å². The molecule has 0 unspecified atom stereocenters. The van der Waals surface area contributed by atoms with E-state index in [1.54, 1.807) is 11.3 Å². The molecule has 1 aliphatic rings. The summed E-state index contributed by atoms with van der Waals surface area (Å²) >= 11 is 1.73. The van der Waals surface area contributed by atoms with Gasteiger partial charge in [0.15, 0.2) is 0 Å². The minimum atomic E-state index is -4.16. The molecule has 0 spiro atoms. The maximum Gasteiger partial charge on any atom is 0.412 e. The highest BCUT2D eigenvalue weighted by atomic mass is 32.1. The van der Waals surface area contributed by atoms with Crippen LogP contribution in [0.1, 0.15) is 23.1 Å². The van der Waals surface area contributed by atoms with Crippen molar-refractivity contribution in [2.75, 3.05) is 19.6 Å². The van der Waals surface area contributed by atoms with E-state index < -0.39 is 6.18 Å². The molecule has 1 N–H and O–H groups in total. The van der Waals surface area contributed by atoms with Crippen LogP contribution < -0.4 is 5.32 Å². The van der Waals surface area contributed by atoms with Crippen molar-refractivity contribution in [3.8, 4) is 0 Å². The Morgan fingerprint density at radius 2 is 2.05 bits per heavy atom. The molecule has 0 aromatic carbocycles. The topological polar surface area (TPSA) is 15.3 Å². The number of hydrogen-bond donors (Lipinski definition) is 1. The fraction of sp³-hybridized carbons (Fsp3) is 0.571. The van der Waals surface area contributed by atoms with Gasteiger partial charge in [0.2, 0.25) is 0 Å². The fourth-order valence-electron chi connectivity index (χ4n) is 2.18. The molecule has 1 aromatic rings. The van der Waals surface area contributed by atoms with Crippen LogP contribution in [0, 0.1) is 0 Å². The molecule has 0 saturated carbocycles. The van der Waals surface area contributed by atoms with Gasteiger partial charge in [-0.15, -0.1) is 11.3 Å². The molecule has 2 heterocycles. The molecule has 0 fully saturated rings. The van der Waals surface area contributed by atoms with Crippen molar-refractivity contribution in [3.63, 3.8) is 0 Å². The van der Waals surface area contributed by atoms with Crippen molar-refractivity contribution in [2.45, 2.75) is 32.6 Å². The summed E-state index contributed by atoms with van der Waals surface area (Å²) in [7, 11) is 0. The summed E-state index contributed by atoms with van der Waals surface area (Å²) in [5, 5.41) is 3.27. The second kappa shape index (κ2) is 6.74. The first-order chi connectivity index (χ1) is 9.49. The SMILES string of the molecule is CCNCc1ccc(CN2CC=C(C(F)(F)F)CC2)s1. The fourth-order valence-corrected chi connectivity index (χ4v) is 3.21. The molecule has 2 nitrogen and oxygen atoms in total. The number of hydrogen-bond acceptors (Lipinski definition) is 3. The van der Waals surface area contributed by atoms with Crippen LogP contribution >= 0.6 is 11.3 Å². The number of halogens is 3. The first-order valence-corrected chi connectivity index (χ1v) is 7.57. The Kier molecular flexibility index (Phi) is 5.23. The van der Waals surface area contributed by atoms with Gasteiger partial charge in [-0.05, 0) is 25.1 Å². The van der Waals surface area contributed by atoms with Gasteiger partial charge in [-0.2, -0.15) is 13.2 Å². The summed E-state index contributed by atoms with van der Waals surface area (Å²) in [4.78, 5) is 4.53. The lowest BCUT2D eigenvalue weighted by atomic mass is 10.1. The van der Waals surface area contributed by atoms with Gasteiger partial charge in [0.05, 0.1) is 0 Å². The minimum Gasteiger partial charge on any atom is -0.312 e. The number of nitrogens with one attached hydrogen (secondary N) is 1. The predicted molar refractivity (Wildman–Crippen MR) is 75.7 cm³/mol. The molecule has 20 heavy (non-hydrogen) atoms. The molecule has 1 aromatic heterocycles. The average Bonchev–Trinajstić information content (AvgIpc) is 2.83. The Hall–Kier alpha value is -0.850. The van der Waals surface area contributed by atoms with E-state index in [1.165, 1.54) is 15.8 Å². The summed E-state index contributed by atoms with van der Waals surface area (Å²) in [5.74, 6) is 0. The molecule has 0 atom stereocenters. The van der Waals surface area contributed by atoms with E-state index >= 15 is 0 Å². The first-order valence-electron chi connectivity index (χ1n) is 6.76. The highest BCUT2D eigenvalue weighted by molar-refractivity contribution is 7.11. The molecule has 0 aliphatic carbocycles. The Balaban J connectivity index is 1.86. The Bertz CT molecular complexity index is 465. The minimum absolute atomic E-state index is 0.0964. The van der Waals surface area contributed by atoms with Gasteiger partial charge in [-0.25, -0.2) is 0 Å². The molecule has 0 radical (unpaired) electrons. The van der Waals surface area contributed by atoms with E-state index in [2.05, 4.69) is 29.3 Å². The highest BCUT2D eigenvalue weighted by Crippen LogP contribution is 2.30. The van der Waals surface area contributed by atoms with Gasteiger partial charge >= 0.3 is 6.18 Å². The standard InChI is InChI=1S/C14H19F3N2S/c1-2-18-9-12-3-4-13(20-12)10-19-7-5-11(6-8-19)14(15,16)17/h3-5,18H,2,6-10H2,1H3. The van der Waals surface area contributed by atoms with E-state index in [0.29, 0.717) is 13.1 Å². The molecule has 0 saturated heterocycles. The van der Waals surface area contributed by atoms with Gasteiger partial charge in [0, 0.05) is 41.5 Å². The maximum absolute atomic E-state index is 12.5. The van der Waals surface area contributed by atoms with Gasteiger partial charge in [-0.1, -0.05) is 13.0 Å². The van der Waals surface area contributed by atoms with Crippen LogP contribution in [-0.4, -0.2) is 30.7 Å². The molecule has 0 amide bonds. The number of nitrogens with zero attached hydrogens (tertiary/aromatic N) is 1. The summed E-state index contributed by atoms with van der Waals surface area (Å²) in [6, 6.07) is 4.16. The molecule has 112 valence electrons. The van der Waals surface area contributed by atoms with Crippen molar-refractivity contribution in [1.29, 1.82) is 0 Å². The van der Waals surface area contributed by atoms with E-state index in [4.69, 9.17) is 0 Å². The summed E-state index contributed by atoms with van der Waals surface area (Å²) < 4.78 is 37.6. The monoisotopic (exact) mass is 304 g/mol. The maximum atomic E-state index is 12.5. The number of thiophene rings is 1. The lowest BCUT2D eigenvalue weighted by Crippen LogP contribution is -2.31. The van der Waals surface area contributed by atoms with Crippen LogP contribution in [0.15, 0.2) is 23.8 Å². The quantitative estimate of drug-likeness (QED) is 0.837.